The largest absolute Gasteiger partial charge is 0.494 e. The van der Waals surface area contributed by atoms with Crippen LogP contribution in [0.25, 0.3) is 10.9 Å². The van der Waals surface area contributed by atoms with Gasteiger partial charge < -0.3 is 24.1 Å². The molecule has 0 radical (unpaired) electrons. The SMILES string of the molecule is COCC1=CCN(c2nc(NCCCc3ncco3)c3cccc(OC)c3n2)CC1. The highest BCUT2D eigenvalue weighted by molar-refractivity contribution is 5.94. The molecule has 0 bridgehead atoms. The fraction of sp³-hybridized carbons (Fsp3) is 0.409. The van der Waals surface area contributed by atoms with E-state index in [0.717, 1.165) is 67.3 Å². The molecule has 158 valence electrons. The Hall–Kier alpha value is -3.13. The first-order valence-electron chi connectivity index (χ1n) is 10.2. The second-order valence-electron chi connectivity index (χ2n) is 7.18. The zero-order chi connectivity index (χ0) is 20.8. The number of aryl methyl sites for hydroxylation is 1. The van der Waals surface area contributed by atoms with Crippen molar-refractivity contribution >= 4 is 22.7 Å². The summed E-state index contributed by atoms with van der Waals surface area (Å²) in [4.78, 5) is 16.0. The van der Waals surface area contributed by atoms with Gasteiger partial charge in [0.1, 0.15) is 23.3 Å². The van der Waals surface area contributed by atoms with Crippen LogP contribution in [0.15, 0.2) is 46.7 Å². The Bertz CT molecular complexity index is 1000. The molecule has 1 aliphatic heterocycles. The highest BCUT2D eigenvalue weighted by Crippen LogP contribution is 2.31. The third-order valence-electron chi connectivity index (χ3n) is 5.16. The smallest absolute Gasteiger partial charge is 0.228 e. The molecule has 3 heterocycles. The van der Waals surface area contributed by atoms with Crippen molar-refractivity contribution in [3.05, 3.63) is 48.2 Å². The van der Waals surface area contributed by atoms with Gasteiger partial charge in [0.2, 0.25) is 5.95 Å². The van der Waals surface area contributed by atoms with Gasteiger partial charge in [-0.2, -0.15) is 4.98 Å². The molecule has 0 amide bonds. The molecule has 8 nitrogen and oxygen atoms in total. The molecule has 0 unspecified atom stereocenters. The van der Waals surface area contributed by atoms with Gasteiger partial charge in [-0.1, -0.05) is 12.1 Å². The number of nitrogens with zero attached hydrogens (tertiary/aromatic N) is 4. The van der Waals surface area contributed by atoms with Gasteiger partial charge in [-0.25, -0.2) is 9.97 Å². The molecule has 0 aliphatic carbocycles. The van der Waals surface area contributed by atoms with Crippen LogP contribution in [0.2, 0.25) is 0 Å². The molecule has 4 rings (SSSR count). The Balaban J connectivity index is 1.56. The first kappa shape index (κ1) is 20.2. The standard InChI is InChI=1S/C22H27N5O3/c1-28-15-16-8-12-27(13-9-16)22-25-20-17(5-3-6-18(20)29-2)21(26-22)24-10-4-7-19-23-11-14-30-19/h3,5-6,8,11,14H,4,7,9-10,12-13,15H2,1-2H3,(H,24,25,26). The van der Waals surface area contributed by atoms with Crippen molar-refractivity contribution in [1.29, 1.82) is 0 Å². The lowest BCUT2D eigenvalue weighted by Gasteiger charge is -2.27. The lowest BCUT2D eigenvalue weighted by atomic mass is 10.1. The Kier molecular flexibility index (Phi) is 6.44. The van der Waals surface area contributed by atoms with E-state index in [4.69, 9.17) is 23.9 Å². The number of fused-ring (bicyclic) bond motifs is 1. The van der Waals surface area contributed by atoms with Crippen molar-refractivity contribution in [1.82, 2.24) is 15.0 Å². The molecule has 2 aromatic heterocycles. The monoisotopic (exact) mass is 409 g/mol. The number of nitrogens with one attached hydrogen (secondary N) is 1. The summed E-state index contributed by atoms with van der Waals surface area (Å²) < 4.78 is 16.1. The number of oxazole rings is 1. The van der Waals surface area contributed by atoms with E-state index in [-0.39, 0.29) is 0 Å². The highest BCUT2D eigenvalue weighted by atomic mass is 16.5. The molecule has 30 heavy (non-hydrogen) atoms. The molecular weight excluding hydrogens is 382 g/mol. The fourth-order valence-corrected chi connectivity index (χ4v) is 3.59. The molecule has 1 aliphatic rings. The van der Waals surface area contributed by atoms with Gasteiger partial charge in [0.15, 0.2) is 5.89 Å². The zero-order valence-electron chi connectivity index (χ0n) is 17.4. The Labute approximate surface area is 175 Å². The number of methoxy groups -OCH3 is 2. The summed E-state index contributed by atoms with van der Waals surface area (Å²) in [6.45, 7) is 3.06. The van der Waals surface area contributed by atoms with Crippen LogP contribution < -0.4 is 15.0 Å². The molecule has 0 fully saturated rings. The quantitative estimate of drug-likeness (QED) is 0.425. The first-order chi connectivity index (χ1) is 14.8. The van der Waals surface area contributed by atoms with Crippen LogP contribution in [0.5, 0.6) is 5.75 Å². The third-order valence-corrected chi connectivity index (χ3v) is 5.16. The molecule has 0 saturated heterocycles. The number of para-hydroxylation sites is 1. The van der Waals surface area contributed by atoms with Crippen LogP contribution >= 0.6 is 0 Å². The number of anilines is 2. The van der Waals surface area contributed by atoms with Crippen LogP contribution in [-0.4, -0.2) is 55.4 Å². The van der Waals surface area contributed by atoms with Gasteiger partial charge in [0.05, 0.1) is 19.9 Å². The number of aromatic nitrogens is 3. The lowest BCUT2D eigenvalue weighted by Crippen LogP contribution is -2.31. The van der Waals surface area contributed by atoms with Crippen molar-refractivity contribution in [2.75, 3.05) is 50.7 Å². The van der Waals surface area contributed by atoms with Crippen molar-refractivity contribution < 1.29 is 13.9 Å². The summed E-state index contributed by atoms with van der Waals surface area (Å²) in [6, 6.07) is 5.91. The summed E-state index contributed by atoms with van der Waals surface area (Å²) in [6.07, 6.45) is 8.08. The third kappa shape index (κ3) is 4.54. The van der Waals surface area contributed by atoms with Gasteiger partial charge in [0.25, 0.3) is 0 Å². The molecular formula is C22H27N5O3. The van der Waals surface area contributed by atoms with E-state index in [0.29, 0.717) is 12.6 Å². The minimum absolute atomic E-state index is 0.678. The molecule has 0 atom stereocenters. The molecule has 1 N–H and O–H groups in total. The second kappa shape index (κ2) is 9.58. The van der Waals surface area contributed by atoms with E-state index in [2.05, 4.69) is 21.3 Å². The van der Waals surface area contributed by atoms with Crippen LogP contribution in [0.4, 0.5) is 11.8 Å². The summed E-state index contributed by atoms with van der Waals surface area (Å²) in [5, 5.41) is 4.42. The maximum absolute atomic E-state index is 5.56. The molecule has 8 heteroatoms. The molecule has 3 aromatic rings. The van der Waals surface area contributed by atoms with Crippen molar-refractivity contribution in [2.45, 2.75) is 19.3 Å². The minimum atomic E-state index is 0.678. The van der Waals surface area contributed by atoms with E-state index >= 15 is 0 Å². The summed E-state index contributed by atoms with van der Waals surface area (Å²) >= 11 is 0. The number of hydrogen-bond donors (Lipinski definition) is 1. The van der Waals surface area contributed by atoms with Crippen LogP contribution in [0, 0.1) is 0 Å². The Morgan fingerprint density at radius 1 is 1.23 bits per heavy atom. The van der Waals surface area contributed by atoms with Gasteiger partial charge in [0, 0.05) is 38.6 Å². The van der Waals surface area contributed by atoms with Crippen molar-refractivity contribution in [3.8, 4) is 5.75 Å². The number of hydrogen-bond acceptors (Lipinski definition) is 8. The van der Waals surface area contributed by atoms with Crippen molar-refractivity contribution in [3.63, 3.8) is 0 Å². The Morgan fingerprint density at radius 2 is 2.17 bits per heavy atom. The van der Waals surface area contributed by atoms with E-state index in [9.17, 15) is 0 Å². The zero-order valence-corrected chi connectivity index (χ0v) is 17.4. The van der Waals surface area contributed by atoms with E-state index in [1.807, 2.05) is 18.2 Å². The average Bonchev–Trinajstić information content (AvgIpc) is 3.30. The fourth-order valence-electron chi connectivity index (χ4n) is 3.59. The highest BCUT2D eigenvalue weighted by Gasteiger charge is 2.18. The van der Waals surface area contributed by atoms with Gasteiger partial charge >= 0.3 is 0 Å². The first-order valence-corrected chi connectivity index (χ1v) is 10.2. The molecule has 0 saturated carbocycles. The van der Waals surface area contributed by atoms with Gasteiger partial charge in [-0.05, 0) is 30.5 Å². The van der Waals surface area contributed by atoms with Crippen LogP contribution in [-0.2, 0) is 11.2 Å². The predicted molar refractivity (Wildman–Crippen MR) is 116 cm³/mol. The van der Waals surface area contributed by atoms with Crippen LogP contribution in [0.3, 0.4) is 0 Å². The van der Waals surface area contributed by atoms with Crippen molar-refractivity contribution in [2.24, 2.45) is 0 Å². The van der Waals surface area contributed by atoms with Gasteiger partial charge in [-0.3, -0.25) is 0 Å². The maximum atomic E-state index is 5.56. The minimum Gasteiger partial charge on any atom is -0.494 e. The normalized spacial score (nSPS) is 14.1. The van der Waals surface area contributed by atoms with E-state index in [1.165, 1.54) is 5.57 Å². The number of benzene rings is 1. The number of ether oxygens (including phenoxy) is 2. The molecule has 1 aromatic carbocycles. The lowest BCUT2D eigenvalue weighted by molar-refractivity contribution is 0.222. The Morgan fingerprint density at radius 3 is 2.90 bits per heavy atom. The molecule has 0 spiro atoms. The number of rotatable bonds is 9. The average molecular weight is 409 g/mol. The summed E-state index contributed by atoms with van der Waals surface area (Å²) in [7, 11) is 3.40. The maximum Gasteiger partial charge on any atom is 0.228 e. The summed E-state index contributed by atoms with van der Waals surface area (Å²) in [5.41, 5.74) is 2.13. The summed E-state index contributed by atoms with van der Waals surface area (Å²) in [5.74, 6) is 3.01. The van der Waals surface area contributed by atoms with E-state index < -0.39 is 0 Å². The topological polar surface area (TPSA) is 85.5 Å². The van der Waals surface area contributed by atoms with Gasteiger partial charge in [-0.15, -0.1) is 0 Å². The second-order valence-corrected chi connectivity index (χ2v) is 7.18. The predicted octanol–water partition coefficient (Wildman–Crippen LogP) is 3.45. The van der Waals surface area contributed by atoms with E-state index in [1.54, 1.807) is 26.7 Å². The van der Waals surface area contributed by atoms with Crippen LogP contribution in [0.1, 0.15) is 18.7 Å².